The van der Waals surface area contributed by atoms with Crippen LogP contribution in [0.4, 0.5) is 0 Å². The lowest BCUT2D eigenvalue weighted by Crippen LogP contribution is -2.08. The highest BCUT2D eigenvalue weighted by atomic mass is 16.5. The first-order valence-electron chi connectivity index (χ1n) is 5.47. The van der Waals surface area contributed by atoms with Gasteiger partial charge in [-0.05, 0) is 19.9 Å². The molecule has 0 fully saturated rings. The lowest BCUT2D eigenvalue weighted by molar-refractivity contribution is 0.408. The monoisotopic (exact) mass is 232 g/mol. The van der Waals surface area contributed by atoms with Gasteiger partial charge in [-0.25, -0.2) is 9.67 Å². The predicted octanol–water partition coefficient (Wildman–Crippen LogP) is 1.94. The highest BCUT2D eigenvalue weighted by Crippen LogP contribution is 2.26. The molecule has 5 heteroatoms. The molecule has 0 saturated heterocycles. The largest absolute Gasteiger partial charge is 0.421 e. The highest BCUT2D eigenvalue weighted by Gasteiger charge is 2.12. The van der Waals surface area contributed by atoms with E-state index in [2.05, 4.69) is 10.1 Å². The van der Waals surface area contributed by atoms with Crippen molar-refractivity contribution in [2.45, 2.75) is 19.9 Å². The summed E-state index contributed by atoms with van der Waals surface area (Å²) in [6.45, 7) is 3.82. The first-order chi connectivity index (χ1) is 8.08. The number of aromatic nitrogens is 3. The maximum Gasteiger partial charge on any atom is 0.226 e. The van der Waals surface area contributed by atoms with Gasteiger partial charge in [0.15, 0.2) is 0 Å². The lowest BCUT2D eigenvalue weighted by atomic mass is 10.1. The topological polar surface area (TPSA) is 66.0 Å². The van der Waals surface area contributed by atoms with Crippen molar-refractivity contribution in [3.8, 4) is 11.8 Å². The van der Waals surface area contributed by atoms with Crippen molar-refractivity contribution in [1.29, 1.82) is 0 Å². The van der Waals surface area contributed by atoms with Gasteiger partial charge in [0.1, 0.15) is 0 Å². The van der Waals surface area contributed by atoms with E-state index in [1.54, 1.807) is 10.9 Å². The third kappa shape index (κ3) is 2.45. The Kier molecular flexibility index (Phi) is 3.10. The number of aryl methyl sites for hydroxylation is 2. The van der Waals surface area contributed by atoms with E-state index >= 15 is 0 Å². The summed E-state index contributed by atoms with van der Waals surface area (Å²) in [4.78, 5) is 4.20. The summed E-state index contributed by atoms with van der Waals surface area (Å²) in [5.41, 5.74) is 7.65. The van der Waals surface area contributed by atoms with Crippen LogP contribution in [0.2, 0.25) is 0 Å². The van der Waals surface area contributed by atoms with Crippen LogP contribution in [-0.2, 0) is 7.05 Å². The minimum Gasteiger partial charge on any atom is -0.421 e. The normalized spacial score (nSPS) is 12.5. The zero-order valence-corrected chi connectivity index (χ0v) is 10.2. The van der Waals surface area contributed by atoms with Gasteiger partial charge in [-0.1, -0.05) is 6.07 Å². The Morgan fingerprint density at radius 2 is 2.24 bits per heavy atom. The molecule has 0 amide bonds. The van der Waals surface area contributed by atoms with E-state index < -0.39 is 0 Å². The molecule has 2 heterocycles. The van der Waals surface area contributed by atoms with Gasteiger partial charge >= 0.3 is 0 Å². The van der Waals surface area contributed by atoms with Crippen LogP contribution in [0.5, 0.6) is 11.8 Å². The molecule has 0 bridgehead atoms. The second-order valence-electron chi connectivity index (χ2n) is 4.04. The summed E-state index contributed by atoms with van der Waals surface area (Å²) < 4.78 is 7.41. The maximum absolute atomic E-state index is 5.87. The molecular weight excluding hydrogens is 216 g/mol. The average Bonchev–Trinajstić information content (AvgIpc) is 2.58. The van der Waals surface area contributed by atoms with E-state index in [1.165, 1.54) is 0 Å². The second-order valence-corrected chi connectivity index (χ2v) is 4.04. The first-order valence-corrected chi connectivity index (χ1v) is 5.47. The van der Waals surface area contributed by atoms with Gasteiger partial charge in [-0.3, -0.25) is 0 Å². The SMILES string of the molecule is Cc1cc(Oc2ncccc2[C@H](C)N)n(C)n1. The fraction of sp³-hybridized carbons (Fsp3) is 0.333. The van der Waals surface area contributed by atoms with Crippen LogP contribution >= 0.6 is 0 Å². The number of ether oxygens (including phenoxy) is 1. The molecule has 17 heavy (non-hydrogen) atoms. The summed E-state index contributed by atoms with van der Waals surface area (Å²) >= 11 is 0. The van der Waals surface area contributed by atoms with E-state index in [1.807, 2.05) is 39.1 Å². The molecule has 1 atom stereocenters. The fourth-order valence-electron chi connectivity index (χ4n) is 1.62. The minimum atomic E-state index is -0.118. The Morgan fingerprint density at radius 3 is 2.82 bits per heavy atom. The highest BCUT2D eigenvalue weighted by molar-refractivity contribution is 5.31. The standard InChI is InChI=1S/C12H16N4O/c1-8-7-11(16(3)15-8)17-12-10(9(2)13)5-4-6-14-12/h4-7,9H,13H2,1-3H3/t9-/m0/s1. The van der Waals surface area contributed by atoms with Crippen molar-refractivity contribution in [1.82, 2.24) is 14.8 Å². The lowest BCUT2D eigenvalue weighted by Gasteiger charge is -2.11. The van der Waals surface area contributed by atoms with Gasteiger partial charge in [0.2, 0.25) is 11.8 Å². The van der Waals surface area contributed by atoms with Crippen LogP contribution in [0.3, 0.4) is 0 Å². The van der Waals surface area contributed by atoms with Crippen LogP contribution in [0.15, 0.2) is 24.4 Å². The Hall–Kier alpha value is -1.88. The molecule has 0 aliphatic heterocycles. The van der Waals surface area contributed by atoms with Crippen molar-refractivity contribution < 1.29 is 4.74 Å². The number of nitrogens with zero attached hydrogens (tertiary/aromatic N) is 3. The molecule has 0 spiro atoms. The Bertz CT molecular complexity index is 519. The molecule has 2 aromatic heterocycles. The Labute approximate surface area is 100 Å². The zero-order valence-electron chi connectivity index (χ0n) is 10.2. The molecule has 2 aromatic rings. The third-order valence-corrected chi connectivity index (χ3v) is 2.45. The number of hydrogen-bond acceptors (Lipinski definition) is 4. The Morgan fingerprint density at radius 1 is 1.47 bits per heavy atom. The number of nitrogens with two attached hydrogens (primary N) is 1. The van der Waals surface area contributed by atoms with Crippen molar-refractivity contribution in [3.63, 3.8) is 0 Å². The number of rotatable bonds is 3. The van der Waals surface area contributed by atoms with Gasteiger partial charge in [-0.2, -0.15) is 5.10 Å². The summed E-state index contributed by atoms with van der Waals surface area (Å²) in [7, 11) is 1.83. The minimum absolute atomic E-state index is 0.118. The molecule has 0 aromatic carbocycles. The molecule has 0 saturated carbocycles. The predicted molar refractivity (Wildman–Crippen MR) is 64.9 cm³/mol. The molecule has 0 aliphatic rings. The quantitative estimate of drug-likeness (QED) is 0.878. The van der Waals surface area contributed by atoms with Crippen LogP contribution in [0.25, 0.3) is 0 Å². The van der Waals surface area contributed by atoms with Gasteiger partial charge in [0.25, 0.3) is 0 Å². The molecule has 0 unspecified atom stereocenters. The average molecular weight is 232 g/mol. The van der Waals surface area contributed by atoms with Crippen LogP contribution < -0.4 is 10.5 Å². The van der Waals surface area contributed by atoms with Gasteiger partial charge in [0.05, 0.1) is 5.69 Å². The third-order valence-electron chi connectivity index (χ3n) is 2.45. The van der Waals surface area contributed by atoms with E-state index in [0.717, 1.165) is 11.3 Å². The smallest absolute Gasteiger partial charge is 0.226 e. The molecule has 5 nitrogen and oxygen atoms in total. The van der Waals surface area contributed by atoms with Crippen molar-refractivity contribution >= 4 is 0 Å². The number of hydrogen-bond donors (Lipinski definition) is 1. The van der Waals surface area contributed by atoms with Crippen molar-refractivity contribution in [2.24, 2.45) is 12.8 Å². The van der Waals surface area contributed by atoms with Crippen LogP contribution in [0, 0.1) is 6.92 Å². The van der Waals surface area contributed by atoms with Crippen LogP contribution in [-0.4, -0.2) is 14.8 Å². The number of pyridine rings is 1. The van der Waals surface area contributed by atoms with Crippen molar-refractivity contribution in [3.05, 3.63) is 35.7 Å². The molecule has 2 rings (SSSR count). The summed E-state index contributed by atoms with van der Waals surface area (Å²) in [5, 5.41) is 4.21. The molecule has 2 N–H and O–H groups in total. The summed E-state index contributed by atoms with van der Waals surface area (Å²) in [6.07, 6.45) is 1.68. The van der Waals surface area contributed by atoms with Crippen LogP contribution in [0.1, 0.15) is 24.2 Å². The van der Waals surface area contributed by atoms with E-state index in [-0.39, 0.29) is 6.04 Å². The van der Waals surface area contributed by atoms with Gasteiger partial charge in [0, 0.05) is 30.9 Å². The molecule has 0 radical (unpaired) electrons. The molecule has 90 valence electrons. The van der Waals surface area contributed by atoms with Crippen molar-refractivity contribution in [2.75, 3.05) is 0 Å². The molecule has 0 aliphatic carbocycles. The summed E-state index contributed by atoms with van der Waals surface area (Å²) in [5.74, 6) is 1.19. The summed E-state index contributed by atoms with van der Waals surface area (Å²) in [6, 6.07) is 5.50. The van der Waals surface area contributed by atoms with Gasteiger partial charge in [-0.15, -0.1) is 0 Å². The van der Waals surface area contributed by atoms with E-state index in [4.69, 9.17) is 10.5 Å². The van der Waals surface area contributed by atoms with E-state index in [0.29, 0.717) is 11.8 Å². The van der Waals surface area contributed by atoms with Gasteiger partial charge < -0.3 is 10.5 Å². The zero-order chi connectivity index (χ0) is 12.4. The fourth-order valence-corrected chi connectivity index (χ4v) is 1.62. The maximum atomic E-state index is 5.87. The second kappa shape index (κ2) is 4.55. The first kappa shape index (κ1) is 11.6. The van der Waals surface area contributed by atoms with E-state index in [9.17, 15) is 0 Å². The molecular formula is C12H16N4O. The Balaban J connectivity index is 2.33.